The van der Waals surface area contributed by atoms with Crippen LogP contribution in [0.5, 0.6) is 0 Å². The van der Waals surface area contributed by atoms with Crippen molar-refractivity contribution in [1.82, 2.24) is 0 Å². The maximum absolute atomic E-state index is 10.0. The second kappa shape index (κ2) is 8.78. The van der Waals surface area contributed by atoms with Crippen molar-refractivity contribution in [2.45, 2.75) is 26.2 Å². The molecule has 0 aromatic rings. The van der Waals surface area contributed by atoms with Gasteiger partial charge in [0.2, 0.25) is 0 Å². The molecule has 0 atom stereocenters. The van der Waals surface area contributed by atoms with Gasteiger partial charge in [0.15, 0.2) is 0 Å². The number of allylic oxidation sites excluding steroid dienone is 5. The van der Waals surface area contributed by atoms with Crippen LogP contribution in [-0.2, 0) is 4.79 Å². The summed E-state index contributed by atoms with van der Waals surface area (Å²) in [6.45, 7) is 2.15. The van der Waals surface area contributed by atoms with Crippen molar-refractivity contribution in [3.8, 4) is 0 Å². The Labute approximate surface area is 79.3 Å². The summed E-state index contributed by atoms with van der Waals surface area (Å²) in [5.41, 5.74) is 0. The summed E-state index contributed by atoms with van der Waals surface area (Å²) < 4.78 is 0. The third-order valence-electron chi connectivity index (χ3n) is 1.43. The van der Waals surface area contributed by atoms with E-state index in [0.717, 1.165) is 12.5 Å². The van der Waals surface area contributed by atoms with Gasteiger partial charge in [0, 0.05) is 6.08 Å². The molecular weight excluding hydrogens is 164 g/mol. The molecule has 2 nitrogen and oxygen atoms in total. The molecule has 0 radical (unpaired) electrons. The summed E-state index contributed by atoms with van der Waals surface area (Å²) >= 11 is 0. The molecule has 2 heteroatoms. The van der Waals surface area contributed by atoms with E-state index in [1.54, 1.807) is 6.08 Å². The normalized spacial score (nSPS) is 12.1. The quantitative estimate of drug-likeness (QED) is 0.387. The fourth-order valence-electron chi connectivity index (χ4n) is 0.763. The van der Waals surface area contributed by atoms with Crippen LogP contribution < -0.4 is 0 Å². The Hall–Kier alpha value is -1.31. The zero-order chi connectivity index (χ0) is 9.94. The van der Waals surface area contributed by atoms with E-state index in [9.17, 15) is 4.79 Å². The van der Waals surface area contributed by atoms with Crippen LogP contribution in [0.25, 0.3) is 0 Å². The maximum Gasteiger partial charge on any atom is 0.328 e. The van der Waals surface area contributed by atoms with Crippen molar-refractivity contribution in [2.75, 3.05) is 0 Å². The molecule has 72 valence electrons. The number of carboxylic acid groups (broad SMARTS) is 1. The molecule has 0 amide bonds. The minimum absolute atomic E-state index is 0.917. The van der Waals surface area contributed by atoms with Crippen LogP contribution in [0.2, 0.25) is 0 Å². The fourth-order valence-corrected chi connectivity index (χ4v) is 0.763. The standard InChI is InChI=1S/C11H16O2/c1-2-3-4-5-6-7-8-9-10-11(12)13/h5-10H,2-4H2,1H3,(H,12,13)/b6-5+,8-7+,10-9+. The van der Waals surface area contributed by atoms with E-state index >= 15 is 0 Å². The molecule has 0 aromatic carbocycles. The van der Waals surface area contributed by atoms with Gasteiger partial charge in [0.05, 0.1) is 0 Å². The fraction of sp³-hybridized carbons (Fsp3) is 0.364. The molecule has 0 saturated heterocycles. The third kappa shape index (κ3) is 10.7. The van der Waals surface area contributed by atoms with Gasteiger partial charge < -0.3 is 5.11 Å². The van der Waals surface area contributed by atoms with E-state index in [0.29, 0.717) is 0 Å². The van der Waals surface area contributed by atoms with Gasteiger partial charge in [0.25, 0.3) is 0 Å². The molecule has 0 heterocycles. The Bertz CT molecular complexity index is 212. The topological polar surface area (TPSA) is 37.3 Å². The van der Waals surface area contributed by atoms with Crippen molar-refractivity contribution >= 4 is 5.97 Å². The van der Waals surface area contributed by atoms with Gasteiger partial charge in [-0.1, -0.05) is 50.1 Å². The second-order valence-electron chi connectivity index (χ2n) is 2.65. The summed E-state index contributed by atoms with van der Waals surface area (Å²) in [5, 5.41) is 8.25. The highest BCUT2D eigenvalue weighted by molar-refractivity contribution is 5.80. The highest BCUT2D eigenvalue weighted by Gasteiger charge is 1.79. The maximum atomic E-state index is 10.0. The van der Waals surface area contributed by atoms with Crippen molar-refractivity contribution in [2.24, 2.45) is 0 Å². The number of aliphatic carboxylic acids is 1. The Kier molecular flexibility index (Phi) is 7.90. The number of hydrogen-bond acceptors (Lipinski definition) is 1. The average Bonchev–Trinajstić information content (AvgIpc) is 2.09. The number of hydrogen-bond donors (Lipinski definition) is 1. The molecule has 0 spiro atoms. The molecule has 0 unspecified atom stereocenters. The molecule has 1 N–H and O–H groups in total. The highest BCUT2D eigenvalue weighted by atomic mass is 16.4. The lowest BCUT2D eigenvalue weighted by Gasteiger charge is -1.84. The first kappa shape index (κ1) is 11.7. The molecule has 0 rings (SSSR count). The number of carboxylic acids is 1. The Morgan fingerprint density at radius 1 is 1.23 bits per heavy atom. The summed E-state index contributed by atoms with van der Waals surface area (Å²) in [7, 11) is 0. The molecule has 0 fully saturated rings. The van der Waals surface area contributed by atoms with E-state index in [4.69, 9.17) is 5.11 Å². The highest BCUT2D eigenvalue weighted by Crippen LogP contribution is 1.94. The van der Waals surface area contributed by atoms with Gasteiger partial charge in [0.1, 0.15) is 0 Å². The monoisotopic (exact) mass is 180 g/mol. The van der Waals surface area contributed by atoms with Gasteiger partial charge in [-0.15, -0.1) is 0 Å². The van der Waals surface area contributed by atoms with Gasteiger partial charge in [-0.05, 0) is 6.42 Å². The Morgan fingerprint density at radius 3 is 2.54 bits per heavy atom. The molecule has 0 bridgehead atoms. The van der Waals surface area contributed by atoms with Crippen LogP contribution in [0.3, 0.4) is 0 Å². The number of carbonyl (C=O) groups is 1. The number of rotatable bonds is 6. The van der Waals surface area contributed by atoms with Crippen LogP contribution in [-0.4, -0.2) is 11.1 Å². The lowest BCUT2D eigenvalue weighted by Crippen LogP contribution is -1.84. The van der Waals surface area contributed by atoms with Crippen LogP contribution in [0, 0.1) is 0 Å². The van der Waals surface area contributed by atoms with E-state index in [-0.39, 0.29) is 0 Å². The molecule has 0 aliphatic rings. The summed E-state index contributed by atoms with van der Waals surface area (Å²) in [6.07, 6.45) is 13.6. The lowest BCUT2D eigenvalue weighted by atomic mass is 10.2. The van der Waals surface area contributed by atoms with Crippen LogP contribution in [0.4, 0.5) is 0 Å². The molecule has 0 aliphatic carbocycles. The van der Waals surface area contributed by atoms with E-state index in [1.165, 1.54) is 18.9 Å². The predicted molar refractivity (Wildman–Crippen MR) is 54.6 cm³/mol. The van der Waals surface area contributed by atoms with E-state index in [1.807, 2.05) is 12.2 Å². The van der Waals surface area contributed by atoms with Gasteiger partial charge in [-0.3, -0.25) is 0 Å². The summed E-state index contributed by atoms with van der Waals surface area (Å²) in [4.78, 5) is 10.0. The van der Waals surface area contributed by atoms with Gasteiger partial charge in [-0.25, -0.2) is 4.79 Å². The van der Waals surface area contributed by atoms with Gasteiger partial charge >= 0.3 is 5.97 Å². The summed E-state index contributed by atoms with van der Waals surface area (Å²) in [6, 6.07) is 0. The Morgan fingerprint density at radius 2 is 1.92 bits per heavy atom. The molecule has 0 aromatic heterocycles. The predicted octanol–water partition coefficient (Wildman–Crippen LogP) is 2.93. The molecule has 13 heavy (non-hydrogen) atoms. The first-order valence-electron chi connectivity index (χ1n) is 4.50. The van der Waals surface area contributed by atoms with Crippen LogP contribution in [0.1, 0.15) is 26.2 Å². The Balaban J connectivity index is 3.51. The van der Waals surface area contributed by atoms with Crippen LogP contribution in [0.15, 0.2) is 36.5 Å². The second-order valence-corrected chi connectivity index (χ2v) is 2.65. The van der Waals surface area contributed by atoms with Crippen molar-refractivity contribution in [3.63, 3.8) is 0 Å². The first-order chi connectivity index (χ1) is 6.27. The zero-order valence-electron chi connectivity index (χ0n) is 7.94. The summed E-state index contributed by atoms with van der Waals surface area (Å²) in [5.74, 6) is -0.917. The van der Waals surface area contributed by atoms with Crippen molar-refractivity contribution < 1.29 is 9.90 Å². The molecule has 0 aliphatic heterocycles. The first-order valence-corrected chi connectivity index (χ1v) is 4.50. The lowest BCUT2D eigenvalue weighted by molar-refractivity contribution is -0.131. The minimum Gasteiger partial charge on any atom is -0.478 e. The van der Waals surface area contributed by atoms with Crippen LogP contribution >= 0.6 is 0 Å². The third-order valence-corrected chi connectivity index (χ3v) is 1.43. The minimum atomic E-state index is -0.917. The molecular formula is C11H16O2. The average molecular weight is 180 g/mol. The largest absolute Gasteiger partial charge is 0.478 e. The van der Waals surface area contributed by atoms with E-state index < -0.39 is 5.97 Å². The van der Waals surface area contributed by atoms with Crippen molar-refractivity contribution in [3.05, 3.63) is 36.5 Å². The molecule has 0 saturated carbocycles. The van der Waals surface area contributed by atoms with Crippen molar-refractivity contribution in [1.29, 1.82) is 0 Å². The SMILES string of the molecule is CCCC/C=C/C=C/C=C/C(=O)O. The zero-order valence-corrected chi connectivity index (χ0v) is 7.94. The van der Waals surface area contributed by atoms with E-state index in [2.05, 4.69) is 13.0 Å². The van der Waals surface area contributed by atoms with Gasteiger partial charge in [-0.2, -0.15) is 0 Å². The number of unbranched alkanes of at least 4 members (excludes halogenated alkanes) is 2. The smallest absolute Gasteiger partial charge is 0.328 e.